The van der Waals surface area contributed by atoms with Crippen LogP contribution in [-0.2, 0) is 6.42 Å². The summed E-state index contributed by atoms with van der Waals surface area (Å²) in [4.78, 5) is 3.49. The highest BCUT2D eigenvalue weighted by atomic mass is 19.4. The second-order valence-electron chi connectivity index (χ2n) is 2.44. The van der Waals surface area contributed by atoms with Gasteiger partial charge in [0.1, 0.15) is 6.07 Å². The summed E-state index contributed by atoms with van der Waals surface area (Å²) < 4.78 is 35.5. The second-order valence-corrected chi connectivity index (χ2v) is 2.44. The number of hydrogen-bond donors (Lipinski definition) is 0. The van der Waals surface area contributed by atoms with E-state index in [1.807, 2.05) is 0 Å². The van der Waals surface area contributed by atoms with Crippen LogP contribution in [0.4, 0.5) is 13.2 Å². The van der Waals surface area contributed by atoms with E-state index in [1.165, 1.54) is 12.1 Å². The fourth-order valence-corrected chi connectivity index (χ4v) is 0.801. The molecule has 0 bridgehead atoms. The van der Waals surface area contributed by atoms with E-state index in [4.69, 9.17) is 5.26 Å². The average molecular weight is 186 g/mol. The molecule has 1 aromatic rings. The van der Waals surface area contributed by atoms with Crippen molar-refractivity contribution in [2.75, 3.05) is 0 Å². The molecule has 1 heterocycles. The zero-order chi connectivity index (χ0) is 9.90. The highest BCUT2D eigenvalue weighted by molar-refractivity contribution is 5.26. The zero-order valence-electron chi connectivity index (χ0n) is 6.47. The molecule has 1 rings (SSSR count). The van der Waals surface area contributed by atoms with Crippen molar-refractivity contribution in [3.8, 4) is 6.07 Å². The minimum absolute atomic E-state index is 0.0773. The van der Waals surface area contributed by atoms with Crippen molar-refractivity contribution in [3.63, 3.8) is 0 Å². The molecule has 68 valence electrons. The van der Waals surface area contributed by atoms with Gasteiger partial charge in [-0.1, -0.05) is 0 Å². The molecule has 0 N–H and O–H groups in total. The van der Waals surface area contributed by atoms with Crippen LogP contribution in [0.15, 0.2) is 18.3 Å². The molecule has 0 aromatic carbocycles. The Morgan fingerprint density at radius 3 is 2.46 bits per heavy atom. The molecule has 0 aliphatic heterocycles. The molecule has 5 heteroatoms. The predicted molar refractivity (Wildman–Crippen MR) is 38.7 cm³/mol. The molecule has 2 nitrogen and oxygen atoms in total. The topological polar surface area (TPSA) is 36.7 Å². The van der Waals surface area contributed by atoms with Gasteiger partial charge >= 0.3 is 6.18 Å². The van der Waals surface area contributed by atoms with E-state index in [9.17, 15) is 13.2 Å². The second kappa shape index (κ2) is 3.44. The van der Waals surface area contributed by atoms with Crippen molar-refractivity contribution in [2.24, 2.45) is 0 Å². The van der Waals surface area contributed by atoms with E-state index >= 15 is 0 Å². The third kappa shape index (κ3) is 3.11. The van der Waals surface area contributed by atoms with Gasteiger partial charge in [0.25, 0.3) is 0 Å². The molecule has 0 amide bonds. The normalized spacial score (nSPS) is 10.9. The van der Waals surface area contributed by atoms with Crippen LogP contribution in [0.5, 0.6) is 0 Å². The van der Waals surface area contributed by atoms with Crippen LogP contribution >= 0.6 is 0 Å². The summed E-state index contributed by atoms with van der Waals surface area (Å²) in [5, 5.41) is 8.35. The molecule has 0 fully saturated rings. The Morgan fingerprint density at radius 2 is 2.08 bits per heavy atom. The maximum Gasteiger partial charge on any atom is 0.394 e. The summed E-state index contributed by atoms with van der Waals surface area (Å²) in [6.07, 6.45) is -4.18. The number of hydrogen-bond acceptors (Lipinski definition) is 2. The van der Waals surface area contributed by atoms with E-state index in [-0.39, 0.29) is 11.3 Å². The molecule has 0 atom stereocenters. The number of nitrogens with zero attached hydrogens (tertiary/aromatic N) is 2. The molecule has 0 radical (unpaired) electrons. The van der Waals surface area contributed by atoms with Crippen molar-refractivity contribution in [1.82, 2.24) is 4.98 Å². The van der Waals surface area contributed by atoms with E-state index in [1.54, 1.807) is 6.07 Å². The van der Waals surface area contributed by atoms with Crippen molar-refractivity contribution < 1.29 is 13.2 Å². The first-order valence-electron chi connectivity index (χ1n) is 3.43. The van der Waals surface area contributed by atoms with E-state index in [2.05, 4.69) is 4.98 Å². The van der Waals surface area contributed by atoms with E-state index in [0.29, 0.717) is 0 Å². The largest absolute Gasteiger partial charge is 0.394 e. The van der Waals surface area contributed by atoms with Crippen molar-refractivity contribution in [3.05, 3.63) is 29.6 Å². The molecule has 0 saturated heterocycles. The maximum atomic E-state index is 11.8. The van der Waals surface area contributed by atoms with Gasteiger partial charge in [-0.2, -0.15) is 18.4 Å². The van der Waals surface area contributed by atoms with Gasteiger partial charge in [0.15, 0.2) is 0 Å². The predicted octanol–water partition coefficient (Wildman–Crippen LogP) is 2.06. The first kappa shape index (κ1) is 9.52. The van der Waals surface area contributed by atoms with Crippen molar-refractivity contribution >= 4 is 0 Å². The van der Waals surface area contributed by atoms with E-state index in [0.717, 1.165) is 6.20 Å². The van der Waals surface area contributed by atoms with Gasteiger partial charge in [-0.05, 0) is 12.1 Å². The Kier molecular flexibility index (Phi) is 2.52. The molecule has 0 aliphatic rings. The van der Waals surface area contributed by atoms with E-state index < -0.39 is 12.6 Å². The molecule has 0 spiro atoms. The van der Waals surface area contributed by atoms with Gasteiger partial charge in [0, 0.05) is 11.9 Å². The highest BCUT2D eigenvalue weighted by Crippen LogP contribution is 2.19. The van der Waals surface area contributed by atoms with Crippen LogP contribution in [0.3, 0.4) is 0 Å². The Bertz CT molecular complexity index is 321. The molecule has 0 unspecified atom stereocenters. The number of halogens is 3. The minimum atomic E-state index is -4.25. The van der Waals surface area contributed by atoms with Crippen molar-refractivity contribution in [2.45, 2.75) is 12.6 Å². The molecular weight excluding hydrogens is 181 g/mol. The van der Waals surface area contributed by atoms with Crippen LogP contribution in [-0.4, -0.2) is 11.2 Å². The van der Waals surface area contributed by atoms with Crippen LogP contribution in [0.25, 0.3) is 0 Å². The number of rotatable bonds is 1. The third-order valence-corrected chi connectivity index (χ3v) is 1.34. The van der Waals surface area contributed by atoms with Crippen molar-refractivity contribution in [1.29, 1.82) is 5.26 Å². The van der Waals surface area contributed by atoms with Gasteiger partial charge in [0.05, 0.1) is 12.0 Å². The van der Waals surface area contributed by atoms with Crippen LogP contribution in [0.1, 0.15) is 11.3 Å². The number of alkyl halides is 3. The summed E-state index contributed by atoms with van der Waals surface area (Å²) >= 11 is 0. The quantitative estimate of drug-likeness (QED) is 0.673. The number of pyridine rings is 1. The summed E-state index contributed by atoms with van der Waals surface area (Å²) in [7, 11) is 0. The fourth-order valence-electron chi connectivity index (χ4n) is 0.801. The first-order chi connectivity index (χ1) is 6.01. The lowest BCUT2D eigenvalue weighted by molar-refractivity contribution is -0.127. The summed E-state index contributed by atoms with van der Waals surface area (Å²) in [5.74, 6) is 0. The highest BCUT2D eigenvalue weighted by Gasteiger charge is 2.28. The van der Waals surface area contributed by atoms with Gasteiger partial charge in [-0.3, -0.25) is 4.98 Å². The molecular formula is C8H5F3N2. The molecule has 0 aliphatic carbocycles. The number of nitriles is 1. The summed E-state index contributed by atoms with van der Waals surface area (Å²) in [5.41, 5.74) is 0.178. The molecule has 13 heavy (non-hydrogen) atoms. The first-order valence-corrected chi connectivity index (χ1v) is 3.43. The Balaban J connectivity index is 2.77. The minimum Gasteiger partial charge on any atom is -0.260 e. The monoisotopic (exact) mass is 186 g/mol. The summed E-state index contributed by atoms with van der Waals surface area (Å²) in [6.45, 7) is 0. The SMILES string of the molecule is N#Cc1ccc(CC(F)(F)F)nc1. The van der Waals surface area contributed by atoms with Crippen LogP contribution in [0, 0.1) is 11.3 Å². The lowest BCUT2D eigenvalue weighted by atomic mass is 10.2. The lowest BCUT2D eigenvalue weighted by Crippen LogP contribution is -2.12. The van der Waals surface area contributed by atoms with Crippen LogP contribution in [0.2, 0.25) is 0 Å². The average Bonchev–Trinajstić information content (AvgIpc) is 2.03. The smallest absolute Gasteiger partial charge is 0.260 e. The Hall–Kier alpha value is -1.57. The lowest BCUT2D eigenvalue weighted by Gasteiger charge is -2.04. The van der Waals surface area contributed by atoms with Gasteiger partial charge in [0.2, 0.25) is 0 Å². The van der Waals surface area contributed by atoms with Gasteiger partial charge < -0.3 is 0 Å². The Morgan fingerprint density at radius 1 is 1.38 bits per heavy atom. The maximum absolute atomic E-state index is 11.8. The third-order valence-electron chi connectivity index (χ3n) is 1.34. The molecule has 1 aromatic heterocycles. The van der Waals surface area contributed by atoms with Gasteiger partial charge in [-0.25, -0.2) is 0 Å². The Labute approximate surface area is 72.6 Å². The van der Waals surface area contributed by atoms with Gasteiger partial charge in [-0.15, -0.1) is 0 Å². The van der Waals surface area contributed by atoms with Crippen LogP contribution < -0.4 is 0 Å². The fraction of sp³-hybridized carbons (Fsp3) is 0.250. The number of aromatic nitrogens is 1. The summed E-state index contributed by atoms with van der Waals surface area (Å²) in [6, 6.07) is 4.29. The zero-order valence-corrected chi connectivity index (χ0v) is 6.47. The molecule has 0 saturated carbocycles. The standard InChI is InChI=1S/C8H5F3N2/c9-8(10,11)3-7-2-1-6(4-12)5-13-7/h1-2,5H,3H2.